The van der Waals surface area contributed by atoms with E-state index >= 15 is 0 Å². The third-order valence-corrected chi connectivity index (χ3v) is 2.81. The van der Waals surface area contributed by atoms with Gasteiger partial charge in [-0.25, -0.2) is 0 Å². The number of aromatic nitrogens is 1. The van der Waals surface area contributed by atoms with Crippen LogP contribution in [0.15, 0.2) is 53.3 Å². The minimum atomic E-state index is -0.475. The summed E-state index contributed by atoms with van der Waals surface area (Å²) in [7, 11) is 0. The quantitative estimate of drug-likeness (QED) is 0.935. The van der Waals surface area contributed by atoms with Gasteiger partial charge in [-0.15, -0.1) is 0 Å². The van der Waals surface area contributed by atoms with E-state index in [9.17, 15) is 5.11 Å². The van der Waals surface area contributed by atoms with Crippen molar-refractivity contribution in [3.8, 4) is 0 Å². The Balaban J connectivity index is 2.11. The van der Waals surface area contributed by atoms with Crippen LogP contribution in [0.25, 0.3) is 0 Å². The van der Waals surface area contributed by atoms with Gasteiger partial charge in [0.15, 0.2) is 0 Å². The van der Waals surface area contributed by atoms with Crippen LogP contribution < -0.4 is 0 Å². The summed E-state index contributed by atoms with van der Waals surface area (Å²) in [6.45, 7) is 0. The molecule has 16 heavy (non-hydrogen) atoms. The molecule has 0 bridgehead atoms. The number of nitrogens with zero attached hydrogens (tertiary/aromatic N) is 1. The van der Waals surface area contributed by atoms with Gasteiger partial charge in [0.25, 0.3) is 0 Å². The summed E-state index contributed by atoms with van der Waals surface area (Å²) in [6.07, 6.45) is 3.61. The Morgan fingerprint density at radius 2 is 1.94 bits per heavy atom. The van der Waals surface area contributed by atoms with E-state index in [0.717, 1.165) is 15.6 Å². The lowest BCUT2D eigenvalue weighted by Crippen LogP contribution is -2.01. The molecule has 0 spiro atoms. The molecule has 0 fully saturated rings. The Hall–Kier alpha value is -1.19. The molecule has 1 aromatic heterocycles. The molecule has 0 saturated heterocycles. The number of halogens is 1. The average Bonchev–Trinajstić information content (AvgIpc) is 2.30. The summed E-state index contributed by atoms with van der Waals surface area (Å²) < 4.78 is 0.935. The van der Waals surface area contributed by atoms with Crippen LogP contribution in [-0.4, -0.2) is 10.1 Å². The van der Waals surface area contributed by atoms with Gasteiger partial charge in [-0.05, 0) is 33.1 Å². The Morgan fingerprint density at radius 1 is 1.19 bits per heavy atom. The molecule has 0 amide bonds. The average molecular weight is 278 g/mol. The second-order valence-corrected chi connectivity index (χ2v) is 4.56. The predicted octanol–water partition coefficient (Wildman–Crippen LogP) is 3.12. The van der Waals surface area contributed by atoms with Crippen LogP contribution in [0, 0.1) is 0 Å². The summed E-state index contributed by atoms with van der Waals surface area (Å²) in [6, 6.07) is 11.6. The molecule has 1 N–H and O–H groups in total. The minimum absolute atomic E-state index is 0.475. The van der Waals surface area contributed by atoms with Crippen LogP contribution in [0.5, 0.6) is 0 Å². The summed E-state index contributed by atoms with van der Waals surface area (Å²) in [5.41, 5.74) is 1.95. The molecule has 0 saturated carbocycles. The van der Waals surface area contributed by atoms with Crippen LogP contribution in [0.1, 0.15) is 17.2 Å². The molecule has 1 unspecified atom stereocenters. The van der Waals surface area contributed by atoms with Crippen molar-refractivity contribution in [2.75, 3.05) is 0 Å². The normalized spacial score (nSPS) is 12.4. The number of aliphatic hydroxyl groups excluding tert-OH is 1. The highest BCUT2D eigenvalue weighted by Crippen LogP contribution is 2.19. The zero-order valence-electron chi connectivity index (χ0n) is 8.68. The molecule has 1 heterocycles. The monoisotopic (exact) mass is 277 g/mol. The zero-order valence-corrected chi connectivity index (χ0v) is 10.3. The van der Waals surface area contributed by atoms with Gasteiger partial charge in [-0.3, -0.25) is 4.98 Å². The van der Waals surface area contributed by atoms with Crippen molar-refractivity contribution in [3.63, 3.8) is 0 Å². The summed E-state index contributed by atoms with van der Waals surface area (Å²) >= 11 is 3.36. The first-order chi connectivity index (χ1) is 7.75. The summed E-state index contributed by atoms with van der Waals surface area (Å²) in [4.78, 5) is 4.07. The highest BCUT2D eigenvalue weighted by molar-refractivity contribution is 9.10. The van der Waals surface area contributed by atoms with E-state index in [0.29, 0.717) is 6.42 Å². The zero-order chi connectivity index (χ0) is 11.4. The molecule has 0 aliphatic heterocycles. The van der Waals surface area contributed by atoms with E-state index in [1.807, 2.05) is 36.4 Å². The maximum absolute atomic E-state index is 10.0. The van der Waals surface area contributed by atoms with Gasteiger partial charge in [-0.2, -0.15) is 0 Å². The van der Waals surface area contributed by atoms with Crippen molar-refractivity contribution in [2.45, 2.75) is 12.5 Å². The maximum atomic E-state index is 10.0. The number of benzene rings is 1. The van der Waals surface area contributed by atoms with Crippen LogP contribution in [0.2, 0.25) is 0 Å². The maximum Gasteiger partial charge on any atom is 0.0830 e. The van der Waals surface area contributed by atoms with Gasteiger partial charge >= 0.3 is 0 Å². The molecule has 0 aliphatic carbocycles. The fourth-order valence-corrected chi connectivity index (χ4v) is 2.00. The lowest BCUT2D eigenvalue weighted by atomic mass is 10.0. The van der Waals surface area contributed by atoms with Crippen LogP contribution >= 0.6 is 15.9 Å². The molecular weight excluding hydrogens is 266 g/mol. The molecule has 1 atom stereocenters. The second kappa shape index (κ2) is 5.23. The van der Waals surface area contributed by atoms with Gasteiger partial charge in [0, 0.05) is 23.3 Å². The van der Waals surface area contributed by atoms with Gasteiger partial charge in [0.2, 0.25) is 0 Å². The predicted molar refractivity (Wildman–Crippen MR) is 67.0 cm³/mol. The Bertz CT molecular complexity index is 458. The number of hydrogen-bond donors (Lipinski definition) is 1. The molecule has 0 aliphatic rings. The molecule has 2 nitrogen and oxygen atoms in total. The van der Waals surface area contributed by atoms with Crippen LogP contribution in [-0.2, 0) is 6.42 Å². The topological polar surface area (TPSA) is 33.1 Å². The van der Waals surface area contributed by atoms with Gasteiger partial charge in [-0.1, -0.05) is 30.3 Å². The SMILES string of the molecule is OC(Cc1cncc(Br)c1)c1ccccc1. The Morgan fingerprint density at radius 3 is 2.62 bits per heavy atom. The molecule has 82 valence electrons. The molecular formula is C13H12BrNO. The molecule has 0 radical (unpaired) electrons. The van der Waals surface area contributed by atoms with Crippen molar-refractivity contribution >= 4 is 15.9 Å². The van der Waals surface area contributed by atoms with Crippen LogP contribution in [0.3, 0.4) is 0 Å². The Labute approximate surface area is 103 Å². The second-order valence-electron chi connectivity index (χ2n) is 3.64. The van der Waals surface area contributed by atoms with E-state index in [4.69, 9.17) is 0 Å². The van der Waals surface area contributed by atoms with E-state index in [1.54, 1.807) is 12.4 Å². The van der Waals surface area contributed by atoms with E-state index in [2.05, 4.69) is 20.9 Å². The highest BCUT2D eigenvalue weighted by atomic mass is 79.9. The summed E-state index contributed by atoms with van der Waals surface area (Å²) in [5.74, 6) is 0. The fourth-order valence-electron chi connectivity index (χ4n) is 1.58. The van der Waals surface area contributed by atoms with Crippen molar-refractivity contribution in [1.82, 2.24) is 4.98 Å². The largest absolute Gasteiger partial charge is 0.388 e. The van der Waals surface area contributed by atoms with Crippen LogP contribution in [0.4, 0.5) is 0 Å². The van der Waals surface area contributed by atoms with E-state index < -0.39 is 6.10 Å². The standard InChI is InChI=1S/C13H12BrNO/c14-12-6-10(8-15-9-12)7-13(16)11-4-2-1-3-5-11/h1-6,8-9,13,16H,7H2. The van der Waals surface area contributed by atoms with Crippen molar-refractivity contribution < 1.29 is 5.11 Å². The van der Waals surface area contributed by atoms with Crippen molar-refractivity contribution in [2.24, 2.45) is 0 Å². The van der Waals surface area contributed by atoms with E-state index in [1.165, 1.54) is 0 Å². The van der Waals surface area contributed by atoms with Gasteiger partial charge in [0.05, 0.1) is 6.10 Å². The number of rotatable bonds is 3. The molecule has 2 aromatic rings. The molecule has 2 rings (SSSR count). The highest BCUT2D eigenvalue weighted by Gasteiger charge is 2.08. The van der Waals surface area contributed by atoms with Gasteiger partial charge in [0.1, 0.15) is 0 Å². The smallest absolute Gasteiger partial charge is 0.0830 e. The third kappa shape index (κ3) is 2.90. The minimum Gasteiger partial charge on any atom is -0.388 e. The van der Waals surface area contributed by atoms with Crippen molar-refractivity contribution in [3.05, 3.63) is 64.4 Å². The lowest BCUT2D eigenvalue weighted by Gasteiger charge is -2.10. The molecule has 1 aromatic carbocycles. The number of aliphatic hydroxyl groups is 1. The first-order valence-corrected chi connectivity index (χ1v) is 5.87. The number of pyridine rings is 1. The molecule has 3 heteroatoms. The Kier molecular flexibility index (Phi) is 3.70. The fraction of sp³-hybridized carbons (Fsp3) is 0.154. The van der Waals surface area contributed by atoms with Gasteiger partial charge < -0.3 is 5.11 Å². The number of hydrogen-bond acceptors (Lipinski definition) is 2. The first kappa shape index (κ1) is 11.3. The third-order valence-electron chi connectivity index (χ3n) is 2.37. The summed E-state index contributed by atoms with van der Waals surface area (Å²) in [5, 5.41) is 10.0. The van der Waals surface area contributed by atoms with E-state index in [-0.39, 0.29) is 0 Å². The van der Waals surface area contributed by atoms with Crippen molar-refractivity contribution in [1.29, 1.82) is 0 Å². The first-order valence-electron chi connectivity index (χ1n) is 5.08. The lowest BCUT2D eigenvalue weighted by molar-refractivity contribution is 0.178.